The predicted octanol–water partition coefficient (Wildman–Crippen LogP) is -3.20. The predicted molar refractivity (Wildman–Crippen MR) is 140 cm³/mol. The summed E-state index contributed by atoms with van der Waals surface area (Å²) in [5, 5.41) is 74.0. The lowest BCUT2D eigenvalue weighted by Crippen LogP contribution is -2.63. The summed E-state index contributed by atoms with van der Waals surface area (Å²) in [6.45, 7) is 0.344. The van der Waals surface area contributed by atoms with Crippen LogP contribution in [0.15, 0.2) is 18.2 Å². The topological polar surface area (TPSA) is 260 Å². The highest BCUT2D eigenvalue weighted by Gasteiger charge is 2.50. The largest absolute Gasteiger partial charge is 0.507 e. The van der Waals surface area contributed by atoms with Gasteiger partial charge in [-0.3, -0.25) is 0 Å². The number of anilines is 1. The number of aromatic hydroxyl groups is 1. The van der Waals surface area contributed by atoms with Crippen LogP contribution in [-0.2, 0) is 28.5 Å². The summed E-state index contributed by atoms with van der Waals surface area (Å²) < 4.78 is 26.6. The Morgan fingerprint density at radius 1 is 1.02 bits per heavy atom. The van der Waals surface area contributed by atoms with Crippen LogP contribution in [0.1, 0.15) is 23.7 Å². The lowest BCUT2D eigenvalue weighted by Gasteiger charge is -2.44. The minimum atomic E-state index is -1.88. The SMILES string of the molecule is CCC(COC(=O)c1cc(N)ccc1O)COC(=O)C1O[C@@H](OC[C@H]2C(NC)[C@H](O)OC(CO)[C@@H]2O)C(O)[C@H](O)[C@@H]1O. The van der Waals surface area contributed by atoms with Crippen LogP contribution < -0.4 is 11.1 Å². The number of rotatable bonds is 12. The first kappa shape index (κ1) is 33.9. The van der Waals surface area contributed by atoms with E-state index in [0.29, 0.717) is 6.42 Å². The molecule has 3 rings (SSSR count). The van der Waals surface area contributed by atoms with E-state index < -0.39 is 85.6 Å². The Hall–Kier alpha value is -2.64. The van der Waals surface area contributed by atoms with E-state index in [0.717, 1.165) is 0 Å². The number of esters is 2. The number of aliphatic hydroxyl groups is 6. The van der Waals surface area contributed by atoms with Crippen molar-refractivity contribution < 1.29 is 69.0 Å². The molecule has 2 saturated heterocycles. The Labute approximate surface area is 241 Å². The number of hydrogen-bond donors (Lipinski definition) is 9. The zero-order valence-electron chi connectivity index (χ0n) is 23.2. The molecule has 238 valence electrons. The van der Waals surface area contributed by atoms with Crippen LogP contribution in [0.2, 0.25) is 0 Å². The quantitative estimate of drug-likeness (QED) is 0.0646. The molecule has 2 heterocycles. The number of carbonyl (C=O) groups is 2. The van der Waals surface area contributed by atoms with Gasteiger partial charge < -0.3 is 70.5 Å². The molecule has 0 radical (unpaired) electrons. The summed E-state index contributed by atoms with van der Waals surface area (Å²) in [5.74, 6) is -3.59. The van der Waals surface area contributed by atoms with Crippen molar-refractivity contribution in [1.29, 1.82) is 0 Å². The summed E-state index contributed by atoms with van der Waals surface area (Å²) in [7, 11) is 1.50. The van der Waals surface area contributed by atoms with E-state index in [4.69, 9.17) is 29.4 Å². The van der Waals surface area contributed by atoms with Crippen molar-refractivity contribution in [3.63, 3.8) is 0 Å². The van der Waals surface area contributed by atoms with Crippen LogP contribution in [0.25, 0.3) is 0 Å². The summed E-state index contributed by atoms with van der Waals surface area (Å²) in [6, 6.07) is 3.08. The monoisotopic (exact) mass is 604 g/mol. The highest BCUT2D eigenvalue weighted by Crippen LogP contribution is 2.29. The molecule has 0 amide bonds. The number of carbonyl (C=O) groups excluding carboxylic acids is 2. The molecule has 0 aromatic heterocycles. The number of nitrogens with one attached hydrogen (secondary N) is 1. The van der Waals surface area contributed by atoms with Crippen molar-refractivity contribution in [2.45, 2.75) is 68.6 Å². The summed E-state index contributed by atoms with van der Waals surface area (Å²) >= 11 is 0. The van der Waals surface area contributed by atoms with E-state index in [1.165, 1.54) is 25.2 Å². The van der Waals surface area contributed by atoms with Gasteiger partial charge >= 0.3 is 11.9 Å². The number of hydrogen-bond acceptors (Lipinski definition) is 16. The van der Waals surface area contributed by atoms with E-state index in [1.807, 2.05) is 0 Å². The molecule has 0 spiro atoms. The van der Waals surface area contributed by atoms with Crippen molar-refractivity contribution in [1.82, 2.24) is 5.32 Å². The summed E-state index contributed by atoms with van der Waals surface area (Å²) in [5.41, 5.74) is 5.76. The number of phenolic OH excluding ortho intramolecular Hbond substituents is 1. The molecule has 1 aromatic rings. The van der Waals surface area contributed by atoms with Gasteiger partial charge in [0.2, 0.25) is 0 Å². The Kier molecular flexibility index (Phi) is 12.2. The number of nitrogen functional groups attached to an aromatic ring is 1. The first-order chi connectivity index (χ1) is 19.9. The fraction of sp³-hybridized carbons (Fsp3) is 0.692. The molecule has 5 unspecified atom stereocenters. The number of nitrogens with two attached hydrogens (primary N) is 1. The highest BCUT2D eigenvalue weighted by molar-refractivity contribution is 5.93. The number of aliphatic hydroxyl groups excluding tert-OH is 6. The van der Waals surface area contributed by atoms with Gasteiger partial charge in [-0.15, -0.1) is 0 Å². The van der Waals surface area contributed by atoms with Crippen molar-refractivity contribution in [2.75, 3.05) is 39.2 Å². The van der Waals surface area contributed by atoms with Gasteiger partial charge in [0.05, 0.1) is 38.6 Å². The molecule has 11 atom stereocenters. The van der Waals surface area contributed by atoms with Crippen molar-refractivity contribution in [3.05, 3.63) is 23.8 Å². The van der Waals surface area contributed by atoms with Crippen molar-refractivity contribution in [2.24, 2.45) is 11.8 Å². The Morgan fingerprint density at radius 3 is 2.36 bits per heavy atom. The van der Waals surface area contributed by atoms with Gasteiger partial charge in [-0.05, 0) is 31.7 Å². The second-order valence-corrected chi connectivity index (χ2v) is 10.2. The molecular formula is C26H40N2O14. The Morgan fingerprint density at radius 2 is 1.71 bits per heavy atom. The normalized spacial score (nSPS) is 34.0. The maximum atomic E-state index is 12.8. The first-order valence-electron chi connectivity index (χ1n) is 13.5. The molecule has 42 heavy (non-hydrogen) atoms. The van der Waals surface area contributed by atoms with E-state index in [1.54, 1.807) is 6.92 Å². The Balaban J connectivity index is 1.58. The lowest BCUT2D eigenvalue weighted by atomic mass is 9.88. The van der Waals surface area contributed by atoms with Gasteiger partial charge in [0.15, 0.2) is 18.7 Å². The lowest BCUT2D eigenvalue weighted by molar-refractivity contribution is -0.306. The van der Waals surface area contributed by atoms with Crippen LogP contribution in [-0.4, -0.2) is 136 Å². The molecule has 1 aromatic carbocycles. The molecule has 2 fully saturated rings. The molecule has 10 N–H and O–H groups in total. The third-order valence-electron chi connectivity index (χ3n) is 7.40. The molecular weight excluding hydrogens is 564 g/mol. The van der Waals surface area contributed by atoms with Crippen LogP contribution in [0, 0.1) is 11.8 Å². The average Bonchev–Trinajstić information content (AvgIpc) is 2.97. The fourth-order valence-corrected chi connectivity index (χ4v) is 4.69. The Bertz CT molecular complexity index is 1050. The average molecular weight is 605 g/mol. The molecule has 16 heteroatoms. The van der Waals surface area contributed by atoms with Crippen molar-refractivity contribution in [3.8, 4) is 5.75 Å². The smallest absolute Gasteiger partial charge is 0.341 e. The maximum absolute atomic E-state index is 12.8. The van der Waals surface area contributed by atoms with E-state index in [-0.39, 0.29) is 36.8 Å². The number of benzene rings is 1. The van der Waals surface area contributed by atoms with Gasteiger partial charge in [-0.25, -0.2) is 9.59 Å². The van der Waals surface area contributed by atoms with Gasteiger partial charge in [-0.1, -0.05) is 6.92 Å². The van der Waals surface area contributed by atoms with Gasteiger partial charge in [0, 0.05) is 17.5 Å². The number of phenols is 1. The minimum absolute atomic E-state index is 0.130. The van der Waals surface area contributed by atoms with Crippen molar-refractivity contribution >= 4 is 17.6 Å². The maximum Gasteiger partial charge on any atom is 0.341 e. The van der Waals surface area contributed by atoms with Gasteiger partial charge in [0.25, 0.3) is 0 Å². The minimum Gasteiger partial charge on any atom is -0.507 e. The molecule has 2 aliphatic heterocycles. The molecule has 2 aliphatic rings. The van der Waals surface area contributed by atoms with Crippen LogP contribution in [0.5, 0.6) is 5.75 Å². The highest BCUT2D eigenvalue weighted by atomic mass is 16.7. The zero-order valence-corrected chi connectivity index (χ0v) is 23.2. The van der Waals surface area contributed by atoms with Crippen LogP contribution in [0.4, 0.5) is 5.69 Å². The first-order valence-corrected chi connectivity index (χ1v) is 13.5. The fourth-order valence-electron chi connectivity index (χ4n) is 4.69. The molecule has 0 bridgehead atoms. The van der Waals surface area contributed by atoms with E-state index >= 15 is 0 Å². The van der Waals surface area contributed by atoms with E-state index in [9.17, 15) is 45.3 Å². The molecule has 16 nitrogen and oxygen atoms in total. The second kappa shape index (κ2) is 15.2. The zero-order chi connectivity index (χ0) is 31.1. The summed E-state index contributed by atoms with van der Waals surface area (Å²) in [6.07, 6.45) is -12.4. The van der Waals surface area contributed by atoms with Gasteiger partial charge in [0.1, 0.15) is 35.7 Å². The van der Waals surface area contributed by atoms with Crippen LogP contribution >= 0.6 is 0 Å². The van der Waals surface area contributed by atoms with Crippen LogP contribution in [0.3, 0.4) is 0 Å². The van der Waals surface area contributed by atoms with E-state index in [2.05, 4.69) is 5.32 Å². The third kappa shape index (κ3) is 7.84. The molecule has 0 saturated carbocycles. The third-order valence-corrected chi connectivity index (χ3v) is 7.40. The summed E-state index contributed by atoms with van der Waals surface area (Å²) in [4.78, 5) is 25.2. The number of likely N-dealkylation sites (N-methyl/N-ethyl adjacent to an activating group) is 1. The standard InChI is InChI=1S/C26H40N2O14/c1-3-11(8-38-23(35)13-6-12(27)4-5-15(13)30)9-39-25(37)22-20(33)19(32)21(34)26(42-22)40-10-14-17(28-2)24(36)41-16(7-29)18(14)31/h4-6,11,14,16-22,24,26,28-34,36H,3,7-10,27H2,1-2H3/t11?,14-,16?,17?,18+,19+,20-,21?,22?,24+,26+/m0/s1. The number of ether oxygens (including phenoxy) is 5. The molecule has 0 aliphatic carbocycles. The van der Waals surface area contributed by atoms with Gasteiger partial charge in [-0.2, -0.15) is 0 Å². The second-order valence-electron chi connectivity index (χ2n) is 10.2.